The Balaban J connectivity index is 3.00. The Kier molecular flexibility index (Phi) is 4.01. The monoisotopic (exact) mass is 246 g/mol. The highest BCUT2D eigenvalue weighted by molar-refractivity contribution is 7.90. The minimum absolute atomic E-state index is 0.161. The molecule has 0 saturated carbocycles. The van der Waals surface area contributed by atoms with Gasteiger partial charge in [-0.3, -0.25) is 11.3 Å². The number of benzene rings is 1. The number of halogens is 1. The normalized spacial score (nSPS) is 13.8. The van der Waals surface area contributed by atoms with E-state index in [1.807, 2.05) is 0 Å². The Bertz CT molecular complexity index is 474. The summed E-state index contributed by atoms with van der Waals surface area (Å²) in [6.45, 7) is 1.64. The molecule has 0 aliphatic heterocycles. The van der Waals surface area contributed by atoms with Crippen molar-refractivity contribution in [3.63, 3.8) is 0 Å². The van der Waals surface area contributed by atoms with Gasteiger partial charge in [0.05, 0.1) is 11.8 Å². The summed E-state index contributed by atoms with van der Waals surface area (Å²) in [6.07, 6.45) is 1.11. The second kappa shape index (κ2) is 4.90. The molecule has 0 radical (unpaired) electrons. The first-order chi connectivity index (χ1) is 7.33. The molecule has 0 spiro atoms. The van der Waals surface area contributed by atoms with E-state index in [1.54, 1.807) is 19.1 Å². The van der Waals surface area contributed by atoms with Crippen LogP contribution in [0.4, 0.5) is 4.39 Å². The van der Waals surface area contributed by atoms with E-state index in [2.05, 4.69) is 5.43 Å². The fourth-order valence-corrected chi connectivity index (χ4v) is 2.26. The van der Waals surface area contributed by atoms with E-state index in [1.165, 1.54) is 6.07 Å². The highest BCUT2D eigenvalue weighted by atomic mass is 32.2. The number of rotatable bonds is 4. The molecule has 3 N–H and O–H groups in total. The Hall–Kier alpha value is -0.980. The lowest BCUT2D eigenvalue weighted by atomic mass is 10.1. The molecular weight excluding hydrogens is 231 g/mol. The van der Waals surface area contributed by atoms with Gasteiger partial charge in [-0.2, -0.15) is 0 Å². The molecule has 6 heteroatoms. The number of hydrazine groups is 1. The highest BCUT2D eigenvalue weighted by Gasteiger charge is 2.16. The minimum Gasteiger partial charge on any atom is -0.271 e. The third-order valence-corrected chi connectivity index (χ3v) is 3.21. The smallest absolute Gasteiger partial charge is 0.149 e. The topological polar surface area (TPSA) is 72.2 Å². The average Bonchev–Trinajstić information content (AvgIpc) is 2.17. The lowest BCUT2D eigenvalue weighted by molar-refractivity contribution is 0.558. The number of sulfone groups is 1. The van der Waals surface area contributed by atoms with Crippen LogP contribution in [0.1, 0.15) is 17.2 Å². The van der Waals surface area contributed by atoms with Gasteiger partial charge in [-0.15, -0.1) is 0 Å². The second-order valence-electron chi connectivity index (χ2n) is 3.82. The first kappa shape index (κ1) is 13.1. The van der Waals surface area contributed by atoms with Crippen molar-refractivity contribution in [2.45, 2.75) is 13.0 Å². The van der Waals surface area contributed by atoms with Gasteiger partial charge in [-0.05, 0) is 24.1 Å². The average molecular weight is 246 g/mol. The van der Waals surface area contributed by atoms with Crippen LogP contribution in [0, 0.1) is 12.7 Å². The third kappa shape index (κ3) is 3.55. The van der Waals surface area contributed by atoms with Crippen LogP contribution in [-0.4, -0.2) is 20.4 Å². The highest BCUT2D eigenvalue weighted by Crippen LogP contribution is 2.17. The number of aryl methyl sites for hydroxylation is 1. The summed E-state index contributed by atoms with van der Waals surface area (Å²) in [4.78, 5) is 0. The molecule has 0 amide bonds. The standard InChI is InChI=1S/C10H15FN2O2S/c1-7-3-4-8(5-9(7)11)10(13-12)6-16(2,14)15/h3-5,10,13H,6,12H2,1-2H3. The molecule has 1 atom stereocenters. The van der Waals surface area contributed by atoms with Crippen LogP contribution in [0.25, 0.3) is 0 Å². The van der Waals surface area contributed by atoms with Gasteiger partial charge in [0, 0.05) is 6.26 Å². The molecule has 0 aliphatic rings. The van der Waals surface area contributed by atoms with E-state index >= 15 is 0 Å². The number of nitrogens with one attached hydrogen (secondary N) is 1. The van der Waals surface area contributed by atoms with Gasteiger partial charge in [0.15, 0.2) is 0 Å². The fraction of sp³-hybridized carbons (Fsp3) is 0.400. The number of nitrogens with two attached hydrogens (primary N) is 1. The predicted octanol–water partition coefficient (Wildman–Crippen LogP) is 0.683. The van der Waals surface area contributed by atoms with Gasteiger partial charge in [0.1, 0.15) is 15.7 Å². The van der Waals surface area contributed by atoms with Crippen molar-refractivity contribution in [2.24, 2.45) is 5.84 Å². The van der Waals surface area contributed by atoms with E-state index in [4.69, 9.17) is 5.84 Å². The van der Waals surface area contributed by atoms with Crippen LogP contribution in [0.2, 0.25) is 0 Å². The zero-order chi connectivity index (χ0) is 12.3. The number of hydrogen-bond donors (Lipinski definition) is 2. The van der Waals surface area contributed by atoms with Crippen LogP contribution in [-0.2, 0) is 9.84 Å². The lowest BCUT2D eigenvalue weighted by Crippen LogP contribution is -2.33. The largest absolute Gasteiger partial charge is 0.271 e. The minimum atomic E-state index is -3.17. The maximum atomic E-state index is 13.3. The van der Waals surface area contributed by atoms with Crippen molar-refractivity contribution in [1.82, 2.24) is 5.43 Å². The molecule has 0 bridgehead atoms. The summed E-state index contributed by atoms with van der Waals surface area (Å²) < 4.78 is 35.6. The molecule has 1 aromatic rings. The van der Waals surface area contributed by atoms with Crippen molar-refractivity contribution in [2.75, 3.05) is 12.0 Å². The van der Waals surface area contributed by atoms with E-state index in [-0.39, 0.29) is 11.6 Å². The summed E-state index contributed by atoms with van der Waals surface area (Å²) in [5.74, 6) is 4.73. The molecule has 4 nitrogen and oxygen atoms in total. The molecule has 1 rings (SSSR count). The van der Waals surface area contributed by atoms with Crippen LogP contribution in [0.3, 0.4) is 0 Å². The third-order valence-electron chi connectivity index (χ3n) is 2.27. The first-order valence-corrected chi connectivity index (χ1v) is 6.79. The van der Waals surface area contributed by atoms with Crippen LogP contribution < -0.4 is 11.3 Å². The second-order valence-corrected chi connectivity index (χ2v) is 6.01. The van der Waals surface area contributed by atoms with Crippen molar-refractivity contribution in [3.8, 4) is 0 Å². The van der Waals surface area contributed by atoms with Gasteiger partial charge in [0.2, 0.25) is 0 Å². The fourth-order valence-electron chi connectivity index (χ4n) is 1.37. The van der Waals surface area contributed by atoms with Crippen molar-refractivity contribution < 1.29 is 12.8 Å². The van der Waals surface area contributed by atoms with Gasteiger partial charge in [0.25, 0.3) is 0 Å². The summed E-state index contributed by atoms with van der Waals surface area (Å²) in [5.41, 5.74) is 3.41. The van der Waals surface area contributed by atoms with Gasteiger partial charge in [-0.25, -0.2) is 12.8 Å². The molecular formula is C10H15FN2O2S. The quantitative estimate of drug-likeness (QED) is 0.605. The molecule has 1 unspecified atom stereocenters. The molecule has 0 heterocycles. The zero-order valence-electron chi connectivity index (χ0n) is 9.20. The van der Waals surface area contributed by atoms with Crippen LogP contribution in [0.5, 0.6) is 0 Å². The van der Waals surface area contributed by atoms with Gasteiger partial charge in [-0.1, -0.05) is 12.1 Å². The van der Waals surface area contributed by atoms with E-state index in [9.17, 15) is 12.8 Å². The van der Waals surface area contributed by atoms with Crippen LogP contribution >= 0.6 is 0 Å². The molecule has 0 aliphatic carbocycles. The van der Waals surface area contributed by atoms with E-state index in [0.717, 1.165) is 6.26 Å². The van der Waals surface area contributed by atoms with Crippen LogP contribution in [0.15, 0.2) is 18.2 Å². The van der Waals surface area contributed by atoms with Crippen molar-refractivity contribution in [3.05, 3.63) is 35.1 Å². The summed E-state index contributed by atoms with van der Waals surface area (Å²) in [5, 5.41) is 0. The molecule has 0 fully saturated rings. The number of hydrogen-bond acceptors (Lipinski definition) is 4. The summed E-state index contributed by atoms with van der Waals surface area (Å²) in [6, 6.07) is 3.96. The summed E-state index contributed by atoms with van der Waals surface area (Å²) in [7, 11) is -3.17. The Labute approximate surface area is 94.5 Å². The maximum Gasteiger partial charge on any atom is 0.149 e. The Morgan fingerprint density at radius 1 is 1.50 bits per heavy atom. The van der Waals surface area contributed by atoms with Crippen molar-refractivity contribution >= 4 is 9.84 Å². The zero-order valence-corrected chi connectivity index (χ0v) is 10.0. The SMILES string of the molecule is Cc1ccc(C(CS(C)(=O)=O)NN)cc1F. The first-order valence-electron chi connectivity index (χ1n) is 4.73. The Morgan fingerprint density at radius 2 is 2.12 bits per heavy atom. The maximum absolute atomic E-state index is 13.3. The molecule has 16 heavy (non-hydrogen) atoms. The van der Waals surface area contributed by atoms with Gasteiger partial charge < -0.3 is 0 Å². The molecule has 1 aromatic carbocycles. The molecule has 90 valence electrons. The molecule has 0 aromatic heterocycles. The summed E-state index contributed by atoms with van der Waals surface area (Å²) >= 11 is 0. The molecule has 0 saturated heterocycles. The lowest BCUT2D eigenvalue weighted by Gasteiger charge is -2.15. The Morgan fingerprint density at radius 3 is 2.56 bits per heavy atom. The van der Waals surface area contributed by atoms with E-state index < -0.39 is 15.9 Å². The van der Waals surface area contributed by atoms with Crippen molar-refractivity contribution in [1.29, 1.82) is 0 Å². The van der Waals surface area contributed by atoms with Gasteiger partial charge >= 0.3 is 0 Å². The van der Waals surface area contributed by atoms with E-state index in [0.29, 0.717) is 11.1 Å². The predicted molar refractivity (Wildman–Crippen MR) is 60.9 cm³/mol.